The van der Waals surface area contributed by atoms with Crippen LogP contribution in [0.15, 0.2) is 206 Å². The molecule has 258 valence electrons. The molecular weight excluding hydrogens is 669 g/mol. The predicted octanol–water partition coefficient (Wildman–Crippen LogP) is 12.9. The van der Waals surface area contributed by atoms with Crippen molar-refractivity contribution in [2.45, 2.75) is 0 Å². The molecule has 10 aromatic rings. The molecule has 0 radical (unpaired) electrons. The molecule has 0 unspecified atom stereocenters. The molecule has 4 heteroatoms. The van der Waals surface area contributed by atoms with Gasteiger partial charge in [0.1, 0.15) is 5.65 Å². The summed E-state index contributed by atoms with van der Waals surface area (Å²) in [4.78, 5) is 15.4. The molecule has 0 atom stereocenters. The maximum Gasteiger partial charge on any atom is 0.137 e. The Balaban J connectivity index is 1.08. The normalized spacial score (nSPS) is 11.3. The second-order valence-electron chi connectivity index (χ2n) is 13.7. The van der Waals surface area contributed by atoms with Crippen LogP contribution in [-0.4, -0.2) is 19.4 Å². The van der Waals surface area contributed by atoms with Crippen LogP contribution in [0, 0.1) is 0 Å². The highest BCUT2D eigenvalue weighted by Crippen LogP contribution is 2.38. The van der Waals surface area contributed by atoms with Gasteiger partial charge in [-0.1, -0.05) is 152 Å². The number of aromatic nitrogens is 4. The molecule has 0 aliphatic carbocycles. The molecule has 7 aromatic carbocycles. The zero-order chi connectivity index (χ0) is 36.6. The smallest absolute Gasteiger partial charge is 0.137 e. The molecular formula is C51H34N4. The van der Waals surface area contributed by atoms with E-state index < -0.39 is 0 Å². The summed E-state index contributed by atoms with van der Waals surface area (Å²) in [5.41, 5.74) is 17.6. The van der Waals surface area contributed by atoms with Gasteiger partial charge in [0.2, 0.25) is 0 Å². The highest BCUT2D eigenvalue weighted by molar-refractivity contribution is 5.89. The van der Waals surface area contributed by atoms with Crippen molar-refractivity contribution < 1.29 is 0 Å². The Labute approximate surface area is 319 Å². The lowest BCUT2D eigenvalue weighted by molar-refractivity contribution is 1.19. The van der Waals surface area contributed by atoms with Crippen LogP contribution in [0.2, 0.25) is 0 Å². The summed E-state index contributed by atoms with van der Waals surface area (Å²) in [6.07, 6.45) is 2.09. The molecule has 3 aromatic heterocycles. The minimum atomic E-state index is 0.869. The highest BCUT2D eigenvalue weighted by Gasteiger charge is 2.18. The van der Waals surface area contributed by atoms with Gasteiger partial charge in [-0.15, -0.1) is 0 Å². The Morgan fingerprint density at radius 3 is 1.35 bits per heavy atom. The van der Waals surface area contributed by atoms with Crippen molar-refractivity contribution in [3.05, 3.63) is 206 Å². The number of benzene rings is 7. The van der Waals surface area contributed by atoms with Gasteiger partial charge in [-0.05, 0) is 81.9 Å². The fourth-order valence-corrected chi connectivity index (χ4v) is 7.49. The molecule has 0 saturated heterocycles. The van der Waals surface area contributed by atoms with Gasteiger partial charge in [-0.3, -0.25) is 4.40 Å². The van der Waals surface area contributed by atoms with Crippen LogP contribution in [-0.2, 0) is 0 Å². The second-order valence-corrected chi connectivity index (χ2v) is 13.7. The predicted molar refractivity (Wildman–Crippen MR) is 226 cm³/mol. The Bertz CT molecular complexity index is 2950. The van der Waals surface area contributed by atoms with E-state index in [1.54, 1.807) is 0 Å². The van der Waals surface area contributed by atoms with Crippen LogP contribution in [0.25, 0.3) is 95.1 Å². The number of para-hydroxylation sites is 2. The van der Waals surface area contributed by atoms with Crippen LogP contribution >= 0.6 is 0 Å². The molecule has 0 fully saturated rings. The minimum Gasteiger partial charge on any atom is -0.299 e. The van der Waals surface area contributed by atoms with Crippen molar-refractivity contribution in [3.8, 4) is 78.4 Å². The molecule has 0 N–H and O–H groups in total. The first-order valence-corrected chi connectivity index (χ1v) is 18.5. The Morgan fingerprint density at radius 1 is 0.273 bits per heavy atom. The zero-order valence-electron chi connectivity index (χ0n) is 29.9. The van der Waals surface area contributed by atoms with Gasteiger partial charge in [0.05, 0.1) is 33.8 Å². The van der Waals surface area contributed by atoms with Crippen molar-refractivity contribution in [2.24, 2.45) is 0 Å². The first-order chi connectivity index (χ1) is 27.2. The number of hydrogen-bond donors (Lipinski definition) is 0. The molecule has 0 aliphatic rings. The van der Waals surface area contributed by atoms with E-state index in [-0.39, 0.29) is 0 Å². The Hall–Kier alpha value is -7.43. The number of nitrogens with zero attached hydrogens (tertiary/aromatic N) is 4. The fraction of sp³-hybridized carbons (Fsp3) is 0. The topological polar surface area (TPSA) is 43.1 Å². The number of rotatable bonds is 7. The average Bonchev–Trinajstić information content (AvgIpc) is 3.67. The summed E-state index contributed by atoms with van der Waals surface area (Å²) in [5, 5.41) is 0. The van der Waals surface area contributed by atoms with E-state index in [0.29, 0.717) is 0 Å². The lowest BCUT2D eigenvalue weighted by atomic mass is 9.92. The summed E-state index contributed by atoms with van der Waals surface area (Å²) in [6, 6.07) is 70.1. The van der Waals surface area contributed by atoms with Crippen molar-refractivity contribution in [2.75, 3.05) is 0 Å². The largest absolute Gasteiger partial charge is 0.299 e. The molecule has 0 saturated carbocycles. The van der Waals surface area contributed by atoms with E-state index in [9.17, 15) is 0 Å². The van der Waals surface area contributed by atoms with Crippen molar-refractivity contribution >= 4 is 16.7 Å². The second kappa shape index (κ2) is 13.8. The Kier molecular flexibility index (Phi) is 8.12. The van der Waals surface area contributed by atoms with Gasteiger partial charge in [0.15, 0.2) is 0 Å². The summed E-state index contributed by atoms with van der Waals surface area (Å²) >= 11 is 0. The standard InChI is InChI=1S/C51H34N4/c1-4-15-35(16-5-1)42-32-43(36-26-28-38(29-27-36)49-48(37-17-6-2-7-18-37)52-45-23-10-11-24-46(45)53-49)34-44(33-42)40-21-14-22-41(31-40)50-51(39-19-8-3-9-20-39)55-30-13-12-25-47(55)54-50/h1-34H. The minimum absolute atomic E-state index is 0.869. The van der Waals surface area contributed by atoms with Crippen LogP contribution in [0.3, 0.4) is 0 Å². The van der Waals surface area contributed by atoms with E-state index >= 15 is 0 Å². The van der Waals surface area contributed by atoms with E-state index in [0.717, 1.165) is 89.5 Å². The van der Waals surface area contributed by atoms with Gasteiger partial charge in [-0.25, -0.2) is 15.0 Å². The van der Waals surface area contributed by atoms with Crippen molar-refractivity contribution in [1.82, 2.24) is 19.4 Å². The van der Waals surface area contributed by atoms with Crippen LogP contribution < -0.4 is 0 Å². The molecule has 0 bridgehead atoms. The van der Waals surface area contributed by atoms with Gasteiger partial charge in [0, 0.05) is 28.5 Å². The number of fused-ring (bicyclic) bond motifs is 2. The maximum atomic E-state index is 5.15. The first kappa shape index (κ1) is 32.2. The third-order valence-electron chi connectivity index (χ3n) is 10.2. The monoisotopic (exact) mass is 702 g/mol. The molecule has 0 spiro atoms. The van der Waals surface area contributed by atoms with Gasteiger partial charge in [0.25, 0.3) is 0 Å². The van der Waals surface area contributed by atoms with Crippen LogP contribution in [0.4, 0.5) is 0 Å². The Morgan fingerprint density at radius 2 is 0.709 bits per heavy atom. The summed E-state index contributed by atoms with van der Waals surface area (Å²) < 4.78 is 2.18. The number of imidazole rings is 1. The molecule has 0 amide bonds. The van der Waals surface area contributed by atoms with E-state index in [4.69, 9.17) is 15.0 Å². The maximum absolute atomic E-state index is 5.15. The third-order valence-corrected chi connectivity index (χ3v) is 10.2. The summed E-state index contributed by atoms with van der Waals surface area (Å²) in [6.45, 7) is 0. The van der Waals surface area contributed by atoms with E-state index in [1.807, 2.05) is 48.5 Å². The van der Waals surface area contributed by atoms with Gasteiger partial charge in [-0.2, -0.15) is 0 Å². The average molecular weight is 703 g/mol. The quantitative estimate of drug-likeness (QED) is 0.166. The van der Waals surface area contributed by atoms with Gasteiger partial charge < -0.3 is 0 Å². The summed E-state index contributed by atoms with van der Waals surface area (Å²) in [7, 11) is 0. The number of pyridine rings is 1. The third kappa shape index (κ3) is 6.16. The van der Waals surface area contributed by atoms with Gasteiger partial charge >= 0.3 is 0 Å². The fourth-order valence-electron chi connectivity index (χ4n) is 7.49. The highest BCUT2D eigenvalue weighted by atomic mass is 15.0. The van der Waals surface area contributed by atoms with Crippen LogP contribution in [0.5, 0.6) is 0 Å². The van der Waals surface area contributed by atoms with E-state index in [1.165, 1.54) is 5.56 Å². The molecule has 4 nitrogen and oxygen atoms in total. The molecule has 0 aliphatic heterocycles. The SMILES string of the molecule is c1ccc(-c2cc(-c3ccc(-c4nc5ccccc5nc4-c4ccccc4)cc3)cc(-c3cccc(-c4nc5ccccn5c4-c4ccccc4)c3)c2)cc1. The molecule has 55 heavy (non-hydrogen) atoms. The van der Waals surface area contributed by atoms with Crippen LogP contribution in [0.1, 0.15) is 0 Å². The lowest BCUT2D eigenvalue weighted by Gasteiger charge is -2.14. The lowest BCUT2D eigenvalue weighted by Crippen LogP contribution is -1.95. The molecule has 10 rings (SSSR count). The first-order valence-electron chi connectivity index (χ1n) is 18.5. The van der Waals surface area contributed by atoms with Crippen molar-refractivity contribution in [1.29, 1.82) is 0 Å². The van der Waals surface area contributed by atoms with Crippen molar-refractivity contribution in [3.63, 3.8) is 0 Å². The van der Waals surface area contributed by atoms with E-state index in [2.05, 4.69) is 162 Å². The zero-order valence-corrected chi connectivity index (χ0v) is 29.9. The number of hydrogen-bond acceptors (Lipinski definition) is 3. The molecule has 3 heterocycles. The summed E-state index contributed by atoms with van der Waals surface area (Å²) in [5.74, 6) is 0.